The van der Waals surface area contributed by atoms with Crippen LogP contribution in [0.15, 0.2) is 84.9 Å². The minimum Gasteiger partial charge on any atom is -0.490 e. The van der Waals surface area contributed by atoms with E-state index in [1.807, 2.05) is 72.8 Å². The molecule has 2 amide bonds. The van der Waals surface area contributed by atoms with Crippen LogP contribution in [-0.2, 0) is 41.1 Å². The van der Waals surface area contributed by atoms with Gasteiger partial charge in [-0.25, -0.2) is 8.78 Å². The fourth-order valence-corrected chi connectivity index (χ4v) is 14.2. The Morgan fingerprint density at radius 3 is 1.33 bits per heavy atom. The summed E-state index contributed by atoms with van der Waals surface area (Å²) in [5.41, 5.74) is 1.39. The van der Waals surface area contributed by atoms with Crippen LogP contribution in [0.1, 0.15) is 102 Å². The van der Waals surface area contributed by atoms with E-state index in [9.17, 15) is 19.8 Å². The lowest BCUT2D eigenvalue weighted by molar-refractivity contribution is -0.121. The number of rotatable bonds is 14. The van der Waals surface area contributed by atoms with Crippen LogP contribution in [0.2, 0.25) is 36.3 Å². The Hall–Kier alpha value is -4.61. The summed E-state index contributed by atoms with van der Waals surface area (Å²) in [5, 5.41) is 28.4. The molecular formula is C60H82F2N4O10Si2. The minimum atomic E-state index is -2.23. The predicted molar refractivity (Wildman–Crippen MR) is 301 cm³/mol. The minimum absolute atomic E-state index is 0.0160. The molecule has 0 radical (unpaired) electrons. The SMILES string of the molecule is CC(C)(C)[Si](C)(C)OC(CN1C[C@H]2C[C@H](Oc3ccccc3)C[C@@]2(O)C1)c1cc(F)c2c(c1)COCC(=O)N2.CC(C)(C)[Si](C)(C)OC(CN1C[C@H]2C[C@H](Oc3ccccc3)C[C@@]2(O)C1)c1cc(F)c2c(c1)COCC(=O)N2. The van der Waals surface area contributed by atoms with Crippen LogP contribution < -0.4 is 20.1 Å². The average molecular weight is 1110 g/mol. The van der Waals surface area contributed by atoms with Crippen molar-refractivity contribution in [3.05, 3.63) is 119 Å². The van der Waals surface area contributed by atoms with Gasteiger partial charge in [-0.2, -0.15) is 0 Å². The number of carbonyl (C=O) groups excluding carboxylic acids is 2. The van der Waals surface area contributed by atoms with Crippen molar-refractivity contribution >= 4 is 39.8 Å². The van der Waals surface area contributed by atoms with Gasteiger partial charge in [-0.1, -0.05) is 77.9 Å². The Balaban J connectivity index is 0.000000190. The quantitative estimate of drug-likeness (QED) is 0.0887. The predicted octanol–water partition coefficient (Wildman–Crippen LogP) is 10.5. The second-order valence-electron chi connectivity index (χ2n) is 25.9. The summed E-state index contributed by atoms with van der Waals surface area (Å²) >= 11 is 0. The molecule has 6 aliphatic rings. The molecule has 78 heavy (non-hydrogen) atoms. The molecule has 4 heterocycles. The number of nitrogens with one attached hydrogen (secondary N) is 2. The van der Waals surface area contributed by atoms with E-state index in [2.05, 4.69) is 88.2 Å². The molecule has 424 valence electrons. The van der Waals surface area contributed by atoms with E-state index >= 15 is 8.78 Å². The topological polar surface area (TPSA) is 161 Å². The maximum absolute atomic E-state index is 15.3. The van der Waals surface area contributed by atoms with Crippen LogP contribution in [0.5, 0.6) is 11.5 Å². The fraction of sp³-hybridized carbons (Fsp3) is 0.567. The number of likely N-dealkylation sites (tertiary alicyclic amines) is 2. The molecule has 10 rings (SSSR count). The standard InChI is InChI=1S/2C30H41FN2O5Si/c2*1-29(2,3)39(4,5)38-26(20-11-21-17-36-18-27(34)32-28(21)25(31)12-20)16-33-15-22-13-24(14-30(22,35)19-33)37-23-9-7-6-8-10-23/h2*6-12,22,24,26,35H,13-19H2,1-5H3,(H,32,34)/t2*22-,24+,26?,30-/m11/s1. The number of β-amino-alcohol motifs (C(OH)–C–C–N with tert-alkyl or cyclic N) is 2. The highest BCUT2D eigenvalue weighted by Gasteiger charge is 2.55. The Kier molecular flexibility index (Phi) is 16.9. The molecule has 4 aromatic rings. The third kappa shape index (κ3) is 13.3. The van der Waals surface area contributed by atoms with Gasteiger partial charge < -0.3 is 48.6 Å². The van der Waals surface area contributed by atoms with Crippen LogP contribution in [-0.4, -0.2) is 124 Å². The van der Waals surface area contributed by atoms with Crippen molar-refractivity contribution in [2.75, 3.05) is 63.1 Å². The lowest BCUT2D eigenvalue weighted by atomic mass is 9.95. The summed E-state index contributed by atoms with van der Waals surface area (Å²) in [6.45, 7) is 25.6. The molecule has 4 N–H and O–H groups in total. The van der Waals surface area contributed by atoms with Gasteiger partial charge in [-0.3, -0.25) is 19.4 Å². The van der Waals surface area contributed by atoms with Gasteiger partial charge in [0.2, 0.25) is 11.8 Å². The second-order valence-corrected chi connectivity index (χ2v) is 35.4. The molecule has 14 nitrogen and oxygen atoms in total. The van der Waals surface area contributed by atoms with Crippen molar-refractivity contribution in [1.29, 1.82) is 0 Å². The van der Waals surface area contributed by atoms with Crippen molar-refractivity contribution in [2.45, 2.75) is 152 Å². The first-order valence-electron chi connectivity index (χ1n) is 27.7. The van der Waals surface area contributed by atoms with Gasteiger partial charge in [-0.15, -0.1) is 0 Å². The monoisotopic (exact) mass is 1110 g/mol. The summed E-state index contributed by atoms with van der Waals surface area (Å²) in [5.74, 6) is 0.180. The number of para-hydroxylation sites is 2. The maximum atomic E-state index is 15.3. The molecule has 8 atom stereocenters. The van der Waals surface area contributed by atoms with Gasteiger partial charge in [0.1, 0.15) is 48.6 Å². The number of carbonyl (C=O) groups is 2. The van der Waals surface area contributed by atoms with Gasteiger partial charge in [-0.05, 0) is 109 Å². The first kappa shape index (κ1) is 58.1. The molecule has 4 aliphatic heterocycles. The lowest BCUT2D eigenvalue weighted by Crippen LogP contribution is -2.44. The molecule has 2 unspecified atom stereocenters. The fourth-order valence-electron chi connectivity index (χ4n) is 11.7. The van der Waals surface area contributed by atoms with E-state index in [1.165, 1.54) is 12.1 Å². The van der Waals surface area contributed by atoms with Gasteiger partial charge in [0, 0.05) is 75.1 Å². The number of ether oxygens (including phenoxy) is 4. The number of hydrogen-bond acceptors (Lipinski definition) is 12. The number of halogens is 2. The molecule has 2 saturated heterocycles. The lowest BCUT2D eigenvalue weighted by Gasteiger charge is -2.40. The highest BCUT2D eigenvalue weighted by atomic mass is 28.4. The number of nitrogens with zero attached hydrogens (tertiary/aromatic N) is 2. The zero-order valence-corrected chi connectivity index (χ0v) is 49.3. The summed E-state index contributed by atoms with van der Waals surface area (Å²) in [4.78, 5) is 28.4. The highest BCUT2D eigenvalue weighted by Crippen LogP contribution is 2.48. The van der Waals surface area contributed by atoms with Gasteiger partial charge >= 0.3 is 0 Å². The third-order valence-corrected chi connectivity index (χ3v) is 26.8. The first-order valence-corrected chi connectivity index (χ1v) is 33.6. The van der Waals surface area contributed by atoms with Crippen LogP contribution >= 0.6 is 0 Å². The molecule has 0 spiro atoms. The Morgan fingerprint density at radius 2 is 0.987 bits per heavy atom. The molecule has 2 saturated carbocycles. The van der Waals surface area contributed by atoms with Gasteiger partial charge in [0.25, 0.3) is 0 Å². The number of anilines is 2. The largest absolute Gasteiger partial charge is 0.490 e. The zero-order valence-electron chi connectivity index (χ0n) is 47.3. The number of amides is 2. The Labute approximate surface area is 461 Å². The zero-order chi connectivity index (χ0) is 56.0. The summed E-state index contributed by atoms with van der Waals surface area (Å²) in [6.07, 6.45) is 1.95. The molecule has 4 aromatic carbocycles. The van der Waals surface area contributed by atoms with Crippen molar-refractivity contribution in [1.82, 2.24) is 9.80 Å². The van der Waals surface area contributed by atoms with E-state index in [0.717, 1.165) is 48.6 Å². The van der Waals surface area contributed by atoms with E-state index in [4.69, 9.17) is 27.8 Å². The molecule has 0 aromatic heterocycles. The molecule has 0 bridgehead atoms. The van der Waals surface area contributed by atoms with Crippen LogP contribution in [0.3, 0.4) is 0 Å². The Morgan fingerprint density at radius 1 is 0.615 bits per heavy atom. The normalized spacial score (nSPS) is 26.5. The van der Waals surface area contributed by atoms with Crippen LogP contribution in [0.4, 0.5) is 20.2 Å². The van der Waals surface area contributed by atoms with E-state index in [-0.39, 0.29) is 95.9 Å². The number of fused-ring (bicyclic) bond motifs is 4. The van der Waals surface area contributed by atoms with Crippen molar-refractivity contribution < 1.29 is 56.4 Å². The smallest absolute Gasteiger partial charge is 0.250 e. The van der Waals surface area contributed by atoms with Crippen LogP contribution in [0.25, 0.3) is 0 Å². The number of aliphatic hydroxyl groups is 2. The summed E-state index contributed by atoms with van der Waals surface area (Å²) in [7, 11) is -4.46. The van der Waals surface area contributed by atoms with E-state index in [1.54, 1.807) is 0 Å². The van der Waals surface area contributed by atoms with Crippen LogP contribution in [0, 0.1) is 23.5 Å². The summed E-state index contributed by atoms with van der Waals surface area (Å²) < 4.78 is 67.7. The van der Waals surface area contributed by atoms with Crippen molar-refractivity contribution in [2.24, 2.45) is 11.8 Å². The number of hydrogen-bond donors (Lipinski definition) is 4. The first-order chi connectivity index (χ1) is 36.7. The second kappa shape index (κ2) is 22.7. The summed E-state index contributed by atoms with van der Waals surface area (Å²) in [6, 6.07) is 26.3. The molecule has 18 heteroatoms. The van der Waals surface area contributed by atoms with E-state index in [0.29, 0.717) is 50.1 Å². The molecular weight excluding hydrogens is 1030 g/mol. The molecule has 4 fully saturated rings. The maximum Gasteiger partial charge on any atom is 0.250 e. The van der Waals surface area contributed by atoms with Crippen molar-refractivity contribution in [3.8, 4) is 11.5 Å². The Bertz CT molecular complexity index is 2590. The van der Waals surface area contributed by atoms with Gasteiger partial charge in [0.15, 0.2) is 16.6 Å². The van der Waals surface area contributed by atoms with Crippen molar-refractivity contribution in [3.63, 3.8) is 0 Å². The van der Waals surface area contributed by atoms with E-state index < -0.39 is 39.5 Å². The highest BCUT2D eigenvalue weighted by molar-refractivity contribution is 6.74. The third-order valence-electron chi connectivity index (χ3n) is 17.8. The average Bonchev–Trinajstić information content (AvgIpc) is 4.14. The molecule has 2 aliphatic carbocycles. The number of benzene rings is 4. The van der Waals surface area contributed by atoms with Gasteiger partial charge in [0.05, 0.1) is 48.0 Å².